The minimum atomic E-state index is -0.730. The number of carbonyl (C=O) groups is 2. The largest absolute Gasteiger partial charge is 0.484 e. The van der Waals surface area contributed by atoms with Crippen molar-refractivity contribution in [1.82, 2.24) is 10.2 Å². The van der Waals surface area contributed by atoms with Crippen LogP contribution >= 0.6 is 11.6 Å². The third-order valence-corrected chi connectivity index (χ3v) is 6.71. The first-order chi connectivity index (χ1) is 18.0. The van der Waals surface area contributed by atoms with E-state index >= 15 is 0 Å². The number of nitrogens with zero attached hydrogens (tertiary/aromatic N) is 1. The Bertz CT molecular complexity index is 1190. The van der Waals surface area contributed by atoms with Crippen LogP contribution < -0.4 is 10.1 Å². The Morgan fingerprint density at radius 2 is 1.55 bits per heavy atom. The number of benzene rings is 3. The monoisotopic (exact) mass is 534 g/mol. The molecule has 0 aliphatic rings. The van der Waals surface area contributed by atoms with E-state index in [0.717, 1.165) is 11.1 Å². The zero-order chi connectivity index (χ0) is 27.7. The number of carbonyl (C=O) groups excluding carboxylic acids is 2. The maximum absolute atomic E-state index is 13.7. The van der Waals surface area contributed by atoms with Gasteiger partial charge in [0.05, 0.1) is 0 Å². The van der Waals surface area contributed by atoms with Crippen LogP contribution in [0.5, 0.6) is 5.75 Å². The average Bonchev–Trinajstić information content (AvgIpc) is 2.89. The molecule has 38 heavy (non-hydrogen) atoms. The minimum Gasteiger partial charge on any atom is -0.484 e. The highest BCUT2D eigenvalue weighted by atomic mass is 35.5. The summed E-state index contributed by atoms with van der Waals surface area (Å²) in [6.07, 6.45) is 0.376. The molecule has 0 unspecified atom stereocenters. The van der Waals surface area contributed by atoms with Gasteiger partial charge in [-0.1, -0.05) is 107 Å². The lowest BCUT2D eigenvalue weighted by atomic mass is 9.87. The van der Waals surface area contributed by atoms with Crippen molar-refractivity contribution in [1.29, 1.82) is 0 Å². The van der Waals surface area contributed by atoms with Gasteiger partial charge < -0.3 is 15.0 Å². The molecule has 6 heteroatoms. The van der Waals surface area contributed by atoms with Crippen molar-refractivity contribution in [2.75, 3.05) is 13.2 Å². The summed E-state index contributed by atoms with van der Waals surface area (Å²) in [6, 6.07) is 24.2. The van der Waals surface area contributed by atoms with Gasteiger partial charge in [0.2, 0.25) is 5.91 Å². The first-order valence-electron chi connectivity index (χ1n) is 13.1. The molecule has 5 nitrogen and oxygen atoms in total. The van der Waals surface area contributed by atoms with Gasteiger partial charge in [-0.25, -0.2) is 0 Å². The number of halogens is 1. The van der Waals surface area contributed by atoms with Gasteiger partial charge in [0.1, 0.15) is 11.8 Å². The van der Waals surface area contributed by atoms with Crippen LogP contribution in [0.1, 0.15) is 51.3 Å². The van der Waals surface area contributed by atoms with Crippen molar-refractivity contribution in [3.63, 3.8) is 0 Å². The van der Waals surface area contributed by atoms with E-state index in [1.54, 1.807) is 11.0 Å². The SMILES string of the molecule is CC(C)CNC(=O)[C@@H](Cc1ccccc1)N(Cc1ccccc1Cl)C(=O)COc1ccc(C(C)(C)C)cc1. The Hall–Kier alpha value is -3.31. The van der Waals surface area contributed by atoms with Crippen molar-refractivity contribution in [2.24, 2.45) is 5.92 Å². The van der Waals surface area contributed by atoms with Crippen molar-refractivity contribution in [3.05, 3.63) is 101 Å². The van der Waals surface area contributed by atoms with E-state index in [-0.39, 0.29) is 36.3 Å². The molecule has 0 heterocycles. The molecule has 0 radical (unpaired) electrons. The molecule has 1 atom stereocenters. The Morgan fingerprint density at radius 1 is 0.921 bits per heavy atom. The molecule has 0 aliphatic heterocycles. The molecule has 0 fully saturated rings. The summed E-state index contributed by atoms with van der Waals surface area (Å²) in [5.74, 6) is 0.402. The smallest absolute Gasteiger partial charge is 0.261 e. The highest BCUT2D eigenvalue weighted by Crippen LogP contribution is 2.25. The maximum Gasteiger partial charge on any atom is 0.261 e. The van der Waals surface area contributed by atoms with Gasteiger partial charge in [-0.15, -0.1) is 0 Å². The van der Waals surface area contributed by atoms with E-state index in [1.165, 1.54) is 5.56 Å². The fraction of sp³-hybridized carbons (Fsp3) is 0.375. The number of hydrogen-bond acceptors (Lipinski definition) is 3. The number of rotatable bonds is 11. The summed E-state index contributed by atoms with van der Waals surface area (Å²) in [5.41, 5.74) is 2.94. The van der Waals surface area contributed by atoms with Crippen LogP contribution in [0.15, 0.2) is 78.9 Å². The molecule has 0 aliphatic carbocycles. The van der Waals surface area contributed by atoms with Crippen molar-refractivity contribution < 1.29 is 14.3 Å². The van der Waals surface area contributed by atoms with E-state index < -0.39 is 6.04 Å². The quantitative estimate of drug-likeness (QED) is 0.308. The fourth-order valence-corrected chi connectivity index (χ4v) is 4.26. The van der Waals surface area contributed by atoms with E-state index in [4.69, 9.17) is 16.3 Å². The number of nitrogens with one attached hydrogen (secondary N) is 1. The van der Waals surface area contributed by atoms with Gasteiger partial charge in [-0.2, -0.15) is 0 Å². The number of amides is 2. The molecular weight excluding hydrogens is 496 g/mol. The second-order valence-corrected chi connectivity index (χ2v) is 11.4. The molecule has 0 saturated carbocycles. The van der Waals surface area contributed by atoms with Crippen LogP contribution in [0.3, 0.4) is 0 Å². The third-order valence-electron chi connectivity index (χ3n) is 6.34. The zero-order valence-electron chi connectivity index (χ0n) is 23.0. The third kappa shape index (κ3) is 8.63. The molecule has 202 valence electrons. The van der Waals surface area contributed by atoms with Gasteiger partial charge in [-0.05, 0) is 46.2 Å². The first kappa shape index (κ1) is 29.2. The van der Waals surface area contributed by atoms with Gasteiger partial charge in [-0.3, -0.25) is 9.59 Å². The van der Waals surface area contributed by atoms with Crippen LogP contribution in [-0.2, 0) is 28.0 Å². The van der Waals surface area contributed by atoms with E-state index in [0.29, 0.717) is 23.7 Å². The van der Waals surface area contributed by atoms with Crippen LogP contribution in [-0.4, -0.2) is 35.9 Å². The van der Waals surface area contributed by atoms with Crippen molar-refractivity contribution in [3.8, 4) is 5.75 Å². The van der Waals surface area contributed by atoms with Gasteiger partial charge >= 0.3 is 0 Å². The zero-order valence-corrected chi connectivity index (χ0v) is 23.8. The van der Waals surface area contributed by atoms with Gasteiger partial charge in [0.15, 0.2) is 6.61 Å². The molecule has 2 amide bonds. The van der Waals surface area contributed by atoms with Crippen LogP contribution in [0.4, 0.5) is 0 Å². The molecule has 3 rings (SSSR count). The summed E-state index contributed by atoms with van der Waals surface area (Å²) >= 11 is 6.47. The Labute approximate surface area is 232 Å². The minimum absolute atomic E-state index is 0.0219. The van der Waals surface area contributed by atoms with E-state index in [2.05, 4.69) is 26.1 Å². The second-order valence-electron chi connectivity index (χ2n) is 11.0. The Kier molecular flexibility index (Phi) is 10.4. The lowest BCUT2D eigenvalue weighted by Crippen LogP contribution is -2.52. The molecule has 1 N–H and O–H groups in total. The molecule has 3 aromatic rings. The van der Waals surface area contributed by atoms with Crippen LogP contribution in [0.25, 0.3) is 0 Å². The lowest BCUT2D eigenvalue weighted by Gasteiger charge is -2.32. The predicted octanol–water partition coefficient (Wildman–Crippen LogP) is 6.43. The fourth-order valence-electron chi connectivity index (χ4n) is 4.07. The van der Waals surface area contributed by atoms with Crippen LogP contribution in [0.2, 0.25) is 5.02 Å². The predicted molar refractivity (Wildman–Crippen MR) is 154 cm³/mol. The van der Waals surface area contributed by atoms with Crippen molar-refractivity contribution >= 4 is 23.4 Å². The topological polar surface area (TPSA) is 58.6 Å². The molecule has 0 saturated heterocycles. The maximum atomic E-state index is 13.7. The molecular formula is C32H39ClN2O3. The standard InChI is InChI=1S/C32H39ClN2O3/c1-23(2)20-34-31(37)29(19-24-11-7-6-8-12-24)35(21-25-13-9-10-14-28(25)33)30(36)22-38-27-17-15-26(16-18-27)32(3,4)5/h6-18,23,29H,19-22H2,1-5H3,(H,34,37)/t29-/m1/s1. The normalized spacial score (nSPS) is 12.2. The molecule has 0 aromatic heterocycles. The Balaban J connectivity index is 1.88. The van der Waals surface area contributed by atoms with Gasteiger partial charge in [0, 0.05) is 24.5 Å². The Morgan fingerprint density at radius 3 is 2.16 bits per heavy atom. The first-order valence-corrected chi connectivity index (χ1v) is 13.5. The highest BCUT2D eigenvalue weighted by molar-refractivity contribution is 6.31. The summed E-state index contributed by atoms with van der Waals surface area (Å²) < 4.78 is 5.91. The summed E-state index contributed by atoms with van der Waals surface area (Å²) in [7, 11) is 0. The van der Waals surface area contributed by atoms with E-state index in [1.807, 2.05) is 86.6 Å². The summed E-state index contributed by atoms with van der Waals surface area (Å²) in [4.78, 5) is 28.8. The summed E-state index contributed by atoms with van der Waals surface area (Å²) in [6.45, 7) is 11.0. The van der Waals surface area contributed by atoms with Crippen molar-refractivity contribution in [2.45, 2.75) is 59.0 Å². The second kappa shape index (κ2) is 13.5. The number of hydrogen-bond donors (Lipinski definition) is 1. The average molecular weight is 535 g/mol. The molecule has 3 aromatic carbocycles. The van der Waals surface area contributed by atoms with E-state index in [9.17, 15) is 9.59 Å². The van der Waals surface area contributed by atoms with Crippen LogP contribution in [0, 0.1) is 5.92 Å². The van der Waals surface area contributed by atoms with Gasteiger partial charge in [0.25, 0.3) is 5.91 Å². The molecule has 0 spiro atoms. The molecule has 0 bridgehead atoms. The lowest BCUT2D eigenvalue weighted by molar-refractivity contribution is -0.142. The number of ether oxygens (including phenoxy) is 1. The summed E-state index contributed by atoms with van der Waals surface area (Å²) in [5, 5.41) is 3.57. The highest BCUT2D eigenvalue weighted by Gasteiger charge is 2.31.